The van der Waals surface area contributed by atoms with Crippen molar-refractivity contribution in [1.29, 1.82) is 0 Å². The van der Waals surface area contributed by atoms with Crippen LogP contribution >= 0.6 is 0 Å². The van der Waals surface area contributed by atoms with E-state index in [1.54, 1.807) is 0 Å². The monoisotopic (exact) mass is 239 g/mol. The third-order valence-electron chi connectivity index (χ3n) is 2.90. The quantitative estimate of drug-likeness (QED) is 0.825. The maximum absolute atomic E-state index is 11.7. The van der Waals surface area contributed by atoms with Crippen LogP contribution in [-0.2, 0) is 0 Å². The summed E-state index contributed by atoms with van der Waals surface area (Å²) in [4.78, 5) is 22.3. The minimum Gasteiger partial charge on any atom is -0.475 e. The summed E-state index contributed by atoms with van der Waals surface area (Å²) in [6, 6.07) is 2.65. The maximum Gasteiger partial charge on any atom is 0.371 e. The molecule has 0 spiro atoms. The molecule has 5 heteroatoms. The fourth-order valence-electron chi connectivity index (χ4n) is 1.35. The number of nitrogens with one attached hydrogen (secondary N) is 1. The first-order chi connectivity index (χ1) is 7.95. The number of carbonyl (C=O) groups excluding carboxylic acids is 1. The molecule has 0 aromatic carbocycles. The highest BCUT2D eigenvalue weighted by Gasteiger charge is 2.18. The van der Waals surface area contributed by atoms with Crippen molar-refractivity contribution in [2.75, 3.05) is 0 Å². The Balaban J connectivity index is 2.66. The van der Waals surface area contributed by atoms with Crippen LogP contribution in [0.15, 0.2) is 16.5 Å². The second kappa shape index (κ2) is 5.52. The molecule has 0 radical (unpaired) electrons. The van der Waals surface area contributed by atoms with Gasteiger partial charge in [0.15, 0.2) is 5.76 Å². The van der Waals surface area contributed by atoms with Gasteiger partial charge in [0.25, 0.3) is 5.91 Å². The van der Waals surface area contributed by atoms with E-state index in [2.05, 4.69) is 5.32 Å². The van der Waals surface area contributed by atoms with Gasteiger partial charge >= 0.3 is 5.97 Å². The molecule has 0 aliphatic heterocycles. The van der Waals surface area contributed by atoms with Gasteiger partial charge in [0.1, 0.15) is 0 Å². The van der Waals surface area contributed by atoms with Gasteiger partial charge in [-0.05, 0) is 25.0 Å². The van der Waals surface area contributed by atoms with E-state index >= 15 is 0 Å². The number of furan rings is 1. The van der Waals surface area contributed by atoms with Crippen LogP contribution in [0.4, 0.5) is 0 Å². The Morgan fingerprint density at radius 3 is 2.41 bits per heavy atom. The highest BCUT2D eigenvalue weighted by atomic mass is 16.4. The smallest absolute Gasteiger partial charge is 0.371 e. The topological polar surface area (TPSA) is 79.5 Å². The summed E-state index contributed by atoms with van der Waals surface area (Å²) in [6.45, 7) is 5.99. The lowest BCUT2D eigenvalue weighted by Crippen LogP contribution is -2.36. The molecule has 0 unspecified atom stereocenters. The van der Waals surface area contributed by atoms with Crippen LogP contribution in [0.2, 0.25) is 0 Å². The van der Waals surface area contributed by atoms with Crippen LogP contribution < -0.4 is 5.32 Å². The average Bonchev–Trinajstić information content (AvgIpc) is 2.77. The molecule has 1 rings (SSSR count). The zero-order valence-corrected chi connectivity index (χ0v) is 10.2. The molecule has 1 amide bonds. The predicted octanol–water partition coefficient (Wildman–Crippen LogP) is 2.14. The zero-order valence-electron chi connectivity index (χ0n) is 10.2. The number of hydrogen-bond acceptors (Lipinski definition) is 3. The summed E-state index contributed by atoms with van der Waals surface area (Å²) in [6.07, 6.45) is 0.958. The largest absolute Gasteiger partial charge is 0.475 e. The van der Waals surface area contributed by atoms with E-state index in [1.165, 1.54) is 12.1 Å². The number of carboxylic acid groups (broad SMARTS) is 1. The molecular formula is C12H17NO4. The Morgan fingerprint density at radius 1 is 1.35 bits per heavy atom. The highest BCUT2D eigenvalue weighted by Crippen LogP contribution is 2.10. The molecule has 2 atom stereocenters. The summed E-state index contributed by atoms with van der Waals surface area (Å²) in [5.74, 6) is -1.42. The lowest BCUT2D eigenvalue weighted by molar-refractivity contribution is 0.0659. The lowest BCUT2D eigenvalue weighted by Gasteiger charge is -2.18. The van der Waals surface area contributed by atoms with E-state index in [9.17, 15) is 9.59 Å². The van der Waals surface area contributed by atoms with Crippen molar-refractivity contribution < 1.29 is 19.1 Å². The summed E-state index contributed by atoms with van der Waals surface area (Å²) in [5, 5.41) is 11.4. The van der Waals surface area contributed by atoms with Gasteiger partial charge < -0.3 is 14.8 Å². The number of carbonyl (C=O) groups is 2. The summed E-state index contributed by atoms with van der Waals surface area (Å²) < 4.78 is 4.91. The third-order valence-corrected chi connectivity index (χ3v) is 2.90. The van der Waals surface area contributed by atoms with Crippen LogP contribution in [0.1, 0.15) is 48.3 Å². The Bertz CT molecular complexity index is 410. The molecule has 1 aromatic rings. The summed E-state index contributed by atoms with van der Waals surface area (Å²) in [5.41, 5.74) is 0. The van der Waals surface area contributed by atoms with Crippen LogP contribution in [0.5, 0.6) is 0 Å². The molecular weight excluding hydrogens is 222 g/mol. The standard InChI is InChI=1S/C12H17NO4/c1-4-7(2)8(3)13-11(14)9-5-6-10(17-9)12(15)16/h5-8H,4H2,1-3H3,(H,13,14)(H,15,16)/t7-,8-/m0/s1. The van der Waals surface area contributed by atoms with Crippen LogP contribution in [0.3, 0.4) is 0 Å². The van der Waals surface area contributed by atoms with Crippen molar-refractivity contribution in [3.63, 3.8) is 0 Å². The molecule has 0 bridgehead atoms. The van der Waals surface area contributed by atoms with Gasteiger partial charge in [-0.1, -0.05) is 20.3 Å². The Labute approximate surface area is 99.8 Å². The molecule has 0 saturated carbocycles. The maximum atomic E-state index is 11.7. The number of hydrogen-bond donors (Lipinski definition) is 2. The first-order valence-corrected chi connectivity index (χ1v) is 5.59. The molecule has 1 heterocycles. The normalized spacial score (nSPS) is 14.1. The molecule has 0 saturated heterocycles. The molecule has 94 valence electrons. The fourth-order valence-corrected chi connectivity index (χ4v) is 1.35. The number of rotatable bonds is 5. The minimum absolute atomic E-state index is 0.0193. The Hall–Kier alpha value is -1.78. The SMILES string of the molecule is CC[C@H](C)[C@H](C)NC(=O)c1ccc(C(=O)O)o1. The average molecular weight is 239 g/mol. The van der Waals surface area contributed by atoms with Gasteiger partial charge in [-0.2, -0.15) is 0 Å². The van der Waals surface area contributed by atoms with Crippen molar-refractivity contribution >= 4 is 11.9 Å². The predicted molar refractivity (Wildman–Crippen MR) is 62.1 cm³/mol. The zero-order chi connectivity index (χ0) is 13.0. The molecule has 17 heavy (non-hydrogen) atoms. The van der Waals surface area contributed by atoms with Gasteiger partial charge in [0, 0.05) is 6.04 Å². The minimum atomic E-state index is -1.18. The van der Waals surface area contributed by atoms with Crippen molar-refractivity contribution in [2.45, 2.75) is 33.2 Å². The number of aromatic carboxylic acids is 1. The molecule has 1 aromatic heterocycles. The fraction of sp³-hybridized carbons (Fsp3) is 0.500. The van der Waals surface area contributed by atoms with Crippen molar-refractivity contribution in [3.8, 4) is 0 Å². The van der Waals surface area contributed by atoms with Crippen molar-refractivity contribution in [2.24, 2.45) is 5.92 Å². The van der Waals surface area contributed by atoms with Crippen LogP contribution in [0, 0.1) is 5.92 Å². The second-order valence-electron chi connectivity index (χ2n) is 4.12. The Morgan fingerprint density at radius 2 is 1.94 bits per heavy atom. The van der Waals surface area contributed by atoms with Gasteiger partial charge in [-0.25, -0.2) is 4.79 Å². The highest BCUT2D eigenvalue weighted by molar-refractivity contribution is 5.93. The van der Waals surface area contributed by atoms with E-state index in [-0.39, 0.29) is 23.5 Å². The van der Waals surface area contributed by atoms with Gasteiger partial charge in [-0.3, -0.25) is 4.79 Å². The first kappa shape index (κ1) is 13.3. The summed E-state index contributed by atoms with van der Waals surface area (Å²) in [7, 11) is 0. The molecule has 2 N–H and O–H groups in total. The molecule has 5 nitrogen and oxygen atoms in total. The Kier molecular flexibility index (Phi) is 4.31. The first-order valence-electron chi connectivity index (χ1n) is 5.59. The van der Waals surface area contributed by atoms with E-state index in [0.29, 0.717) is 5.92 Å². The van der Waals surface area contributed by atoms with E-state index in [1.807, 2.05) is 20.8 Å². The van der Waals surface area contributed by atoms with E-state index in [0.717, 1.165) is 6.42 Å². The van der Waals surface area contributed by atoms with Crippen LogP contribution in [-0.4, -0.2) is 23.0 Å². The number of amides is 1. The van der Waals surface area contributed by atoms with Crippen molar-refractivity contribution in [3.05, 3.63) is 23.7 Å². The van der Waals surface area contributed by atoms with Gasteiger partial charge in [0.2, 0.25) is 5.76 Å². The van der Waals surface area contributed by atoms with Gasteiger partial charge in [0.05, 0.1) is 0 Å². The van der Waals surface area contributed by atoms with E-state index in [4.69, 9.17) is 9.52 Å². The summed E-state index contributed by atoms with van der Waals surface area (Å²) >= 11 is 0. The van der Waals surface area contributed by atoms with Crippen molar-refractivity contribution in [1.82, 2.24) is 5.32 Å². The third kappa shape index (κ3) is 3.34. The lowest BCUT2D eigenvalue weighted by atomic mass is 10.0. The van der Waals surface area contributed by atoms with Crippen LogP contribution in [0.25, 0.3) is 0 Å². The van der Waals surface area contributed by atoms with E-state index < -0.39 is 5.97 Å². The molecule has 0 aliphatic rings. The number of carboxylic acids is 1. The molecule has 0 aliphatic carbocycles. The van der Waals surface area contributed by atoms with Gasteiger partial charge in [-0.15, -0.1) is 0 Å². The second-order valence-corrected chi connectivity index (χ2v) is 4.12. The molecule has 0 fully saturated rings.